The molecule has 0 atom stereocenters. The number of anilines is 3. The molecule has 3 aromatic carbocycles. The maximum atomic E-state index is 13.3. The number of ether oxygens (including phenoxy) is 1. The predicted molar refractivity (Wildman–Crippen MR) is 154 cm³/mol. The van der Waals surface area contributed by atoms with Crippen LogP contribution in [0.15, 0.2) is 82.6 Å². The van der Waals surface area contributed by atoms with Gasteiger partial charge < -0.3 is 15.0 Å². The molecule has 2 aliphatic rings. The lowest BCUT2D eigenvalue weighted by atomic mass is 10.2. The summed E-state index contributed by atoms with van der Waals surface area (Å²) < 4.78 is 60.7. The first-order valence-electron chi connectivity index (χ1n) is 13.1. The van der Waals surface area contributed by atoms with Crippen LogP contribution in [-0.4, -0.2) is 73.5 Å². The highest BCUT2D eigenvalue weighted by molar-refractivity contribution is 7.92. The number of benzene rings is 3. The number of amides is 1. The van der Waals surface area contributed by atoms with Gasteiger partial charge in [0.05, 0.1) is 40.1 Å². The fourth-order valence-electron chi connectivity index (χ4n) is 4.85. The van der Waals surface area contributed by atoms with Gasteiger partial charge in [-0.15, -0.1) is 0 Å². The number of sulfonamides is 2. The van der Waals surface area contributed by atoms with Crippen molar-refractivity contribution < 1.29 is 26.4 Å². The average molecular weight is 585 g/mol. The zero-order chi connectivity index (χ0) is 28.3. The smallest absolute Gasteiger partial charge is 0.264 e. The Hall–Kier alpha value is -3.45. The van der Waals surface area contributed by atoms with Gasteiger partial charge in [0.25, 0.3) is 15.9 Å². The summed E-state index contributed by atoms with van der Waals surface area (Å²) in [7, 11) is -6.12. The van der Waals surface area contributed by atoms with E-state index in [-0.39, 0.29) is 28.4 Å². The van der Waals surface area contributed by atoms with E-state index in [4.69, 9.17) is 4.74 Å². The summed E-state index contributed by atoms with van der Waals surface area (Å²) in [6.07, 6.45) is 2.02. The van der Waals surface area contributed by atoms with Crippen molar-refractivity contribution in [2.45, 2.75) is 22.6 Å². The summed E-state index contributed by atoms with van der Waals surface area (Å²) in [5, 5.41) is 2.88. The van der Waals surface area contributed by atoms with E-state index in [1.807, 2.05) is 0 Å². The molecule has 2 heterocycles. The molecular formula is C28H32N4O6S2. The van der Waals surface area contributed by atoms with Crippen LogP contribution in [0.1, 0.15) is 23.2 Å². The molecule has 0 saturated carbocycles. The maximum Gasteiger partial charge on any atom is 0.264 e. The van der Waals surface area contributed by atoms with Crippen LogP contribution in [0.5, 0.6) is 0 Å². The van der Waals surface area contributed by atoms with Gasteiger partial charge in [0.2, 0.25) is 10.0 Å². The van der Waals surface area contributed by atoms with Gasteiger partial charge in [0, 0.05) is 38.8 Å². The third-order valence-corrected chi connectivity index (χ3v) is 10.9. The minimum Gasteiger partial charge on any atom is -0.379 e. The minimum absolute atomic E-state index is 0.0479. The Balaban J connectivity index is 1.40. The summed E-state index contributed by atoms with van der Waals surface area (Å²) in [5.41, 5.74) is 1.90. The number of nitrogens with zero attached hydrogens (tertiary/aromatic N) is 3. The highest BCUT2D eigenvalue weighted by Crippen LogP contribution is 2.33. The first kappa shape index (κ1) is 28.1. The molecule has 0 bridgehead atoms. The fourth-order valence-corrected chi connectivity index (χ4v) is 7.48. The topological polar surface area (TPSA) is 116 Å². The normalized spacial score (nSPS) is 16.6. The van der Waals surface area contributed by atoms with Crippen LogP contribution in [-0.2, 0) is 24.8 Å². The molecule has 0 unspecified atom stereocenters. The van der Waals surface area contributed by atoms with Crippen molar-refractivity contribution in [3.63, 3.8) is 0 Å². The van der Waals surface area contributed by atoms with Crippen LogP contribution in [0.3, 0.4) is 0 Å². The number of para-hydroxylation sites is 1. The van der Waals surface area contributed by atoms with E-state index < -0.39 is 26.0 Å². The first-order valence-corrected chi connectivity index (χ1v) is 16.0. The van der Waals surface area contributed by atoms with Gasteiger partial charge in [0.15, 0.2) is 0 Å². The molecule has 2 fully saturated rings. The third-order valence-electron chi connectivity index (χ3n) is 7.17. The van der Waals surface area contributed by atoms with Crippen molar-refractivity contribution in [1.82, 2.24) is 4.31 Å². The lowest BCUT2D eigenvalue weighted by Crippen LogP contribution is -2.40. The Bertz CT molecular complexity index is 1570. The number of rotatable bonds is 8. The molecule has 3 aromatic rings. The Kier molecular flexibility index (Phi) is 8.13. The third kappa shape index (κ3) is 5.71. The molecule has 0 radical (unpaired) electrons. The van der Waals surface area contributed by atoms with Gasteiger partial charge in [-0.3, -0.25) is 9.10 Å². The number of morpholine rings is 1. The molecule has 1 N–H and O–H groups in total. The maximum absolute atomic E-state index is 13.3. The number of carbonyl (C=O) groups is 1. The van der Waals surface area contributed by atoms with Crippen LogP contribution in [0, 0.1) is 0 Å². The van der Waals surface area contributed by atoms with Crippen LogP contribution in [0.25, 0.3) is 0 Å². The Labute approximate surface area is 235 Å². The van der Waals surface area contributed by atoms with Crippen LogP contribution in [0.4, 0.5) is 17.1 Å². The summed E-state index contributed by atoms with van der Waals surface area (Å²) >= 11 is 0. The zero-order valence-corrected chi connectivity index (χ0v) is 23.8. The second-order valence-electron chi connectivity index (χ2n) is 9.68. The van der Waals surface area contributed by atoms with Crippen molar-refractivity contribution >= 4 is 43.0 Å². The molecule has 0 aromatic heterocycles. The number of hydrogen-bond acceptors (Lipinski definition) is 7. The molecule has 10 nitrogen and oxygen atoms in total. The summed E-state index contributed by atoms with van der Waals surface area (Å²) in [6.45, 7) is 2.82. The zero-order valence-electron chi connectivity index (χ0n) is 22.2. The van der Waals surface area contributed by atoms with E-state index in [9.17, 15) is 21.6 Å². The predicted octanol–water partition coefficient (Wildman–Crippen LogP) is 3.39. The average Bonchev–Trinajstić information content (AvgIpc) is 3.52. The van der Waals surface area contributed by atoms with E-state index in [0.29, 0.717) is 24.6 Å². The van der Waals surface area contributed by atoms with Gasteiger partial charge in [-0.2, -0.15) is 4.31 Å². The molecule has 40 heavy (non-hydrogen) atoms. The van der Waals surface area contributed by atoms with E-state index in [2.05, 4.69) is 10.2 Å². The second-order valence-corrected chi connectivity index (χ2v) is 13.6. The van der Waals surface area contributed by atoms with Gasteiger partial charge in [-0.25, -0.2) is 16.8 Å². The van der Waals surface area contributed by atoms with Crippen LogP contribution < -0.4 is 14.5 Å². The monoisotopic (exact) mass is 584 g/mol. The SMILES string of the molecule is CN(c1ccccc1)S(=O)(=O)c1ccc(C(=O)Nc2cc(S(=O)(=O)N3CCOCC3)ccc2N2CCCC2)cc1. The van der Waals surface area contributed by atoms with Gasteiger partial charge in [-0.05, 0) is 67.4 Å². The number of hydrogen-bond donors (Lipinski definition) is 1. The second kappa shape index (κ2) is 11.6. The lowest BCUT2D eigenvalue weighted by Gasteiger charge is -2.27. The van der Waals surface area contributed by atoms with Gasteiger partial charge in [-0.1, -0.05) is 18.2 Å². The molecule has 2 aliphatic heterocycles. The lowest BCUT2D eigenvalue weighted by molar-refractivity contribution is 0.0730. The standard InChI is InChI=1S/C28H32N4O6S2/c1-30(23-7-3-2-4-8-23)39(34,35)24-11-9-22(10-12-24)28(33)29-26-21-25(13-14-27(26)31-15-5-6-16-31)40(36,37)32-17-19-38-20-18-32/h2-4,7-14,21H,5-6,15-20H2,1H3,(H,29,33). The Morgan fingerprint density at radius 3 is 2.10 bits per heavy atom. The van der Waals surface area contributed by atoms with Crippen molar-refractivity contribution in [3.05, 3.63) is 78.4 Å². The quantitative estimate of drug-likeness (QED) is 0.432. The van der Waals surface area contributed by atoms with Crippen molar-refractivity contribution in [2.75, 3.05) is 61.0 Å². The molecule has 212 valence electrons. The van der Waals surface area contributed by atoms with Gasteiger partial charge >= 0.3 is 0 Å². The minimum atomic E-state index is -3.83. The molecular weight excluding hydrogens is 552 g/mol. The number of nitrogens with one attached hydrogen (secondary N) is 1. The summed E-state index contributed by atoms with van der Waals surface area (Å²) in [5.74, 6) is -0.471. The highest BCUT2D eigenvalue weighted by Gasteiger charge is 2.28. The molecule has 1 amide bonds. The van der Waals surface area contributed by atoms with Crippen LogP contribution >= 0.6 is 0 Å². The van der Waals surface area contributed by atoms with Gasteiger partial charge in [0.1, 0.15) is 0 Å². The molecule has 0 spiro atoms. The fraction of sp³-hybridized carbons (Fsp3) is 0.321. The van der Waals surface area contributed by atoms with E-state index in [0.717, 1.165) is 31.6 Å². The number of carbonyl (C=O) groups excluding carboxylic acids is 1. The largest absolute Gasteiger partial charge is 0.379 e. The van der Waals surface area contributed by atoms with E-state index in [1.54, 1.807) is 42.5 Å². The van der Waals surface area contributed by atoms with Crippen LogP contribution in [0.2, 0.25) is 0 Å². The molecule has 12 heteroatoms. The molecule has 5 rings (SSSR count). The first-order chi connectivity index (χ1) is 19.2. The molecule has 2 saturated heterocycles. The van der Waals surface area contributed by atoms with Crippen molar-refractivity contribution in [2.24, 2.45) is 0 Å². The Morgan fingerprint density at radius 2 is 1.45 bits per heavy atom. The van der Waals surface area contributed by atoms with E-state index in [1.165, 1.54) is 46.0 Å². The highest BCUT2D eigenvalue weighted by atomic mass is 32.2. The summed E-state index contributed by atoms with van der Waals surface area (Å²) in [6, 6.07) is 19.2. The van der Waals surface area contributed by atoms with Crippen molar-refractivity contribution in [3.8, 4) is 0 Å². The Morgan fingerprint density at radius 1 is 0.825 bits per heavy atom. The molecule has 0 aliphatic carbocycles. The van der Waals surface area contributed by atoms with E-state index >= 15 is 0 Å². The summed E-state index contributed by atoms with van der Waals surface area (Å²) in [4.78, 5) is 15.6. The van der Waals surface area contributed by atoms with Crippen molar-refractivity contribution in [1.29, 1.82) is 0 Å².